The second-order valence-electron chi connectivity index (χ2n) is 2.76. The van der Waals surface area contributed by atoms with E-state index in [0.29, 0.717) is 0 Å². The van der Waals surface area contributed by atoms with Gasteiger partial charge in [-0.25, -0.2) is 8.42 Å². The summed E-state index contributed by atoms with van der Waals surface area (Å²) >= 11 is 0. The first-order valence-corrected chi connectivity index (χ1v) is 5.34. The second kappa shape index (κ2) is 5.47. The molecule has 0 heterocycles. The Morgan fingerprint density at radius 1 is 1.20 bits per heavy atom. The van der Waals surface area contributed by atoms with E-state index >= 15 is 0 Å². The van der Waals surface area contributed by atoms with Crippen LogP contribution in [0.2, 0.25) is 0 Å². The zero-order valence-corrected chi connectivity index (χ0v) is 9.08. The highest BCUT2D eigenvalue weighted by Gasteiger charge is 1.97. The largest absolute Gasteiger partial charge is 0.744 e. The molecule has 0 bridgehead atoms. The summed E-state index contributed by atoms with van der Waals surface area (Å²) in [4.78, 5) is 8.71. The lowest BCUT2D eigenvalue weighted by Gasteiger charge is -2.05. The number of hydrogen-bond donors (Lipinski definition) is 0. The number of carboxylic acid groups (broad SMARTS) is 1. The lowest BCUT2D eigenvalue weighted by Crippen LogP contribution is -2.16. The van der Waals surface area contributed by atoms with Gasteiger partial charge in [-0.2, -0.15) is 0 Å². The van der Waals surface area contributed by atoms with E-state index in [1.54, 1.807) is 12.1 Å². The number of carbonyl (C=O) groups excluding carboxylic acids is 1. The van der Waals surface area contributed by atoms with Crippen LogP contribution in [-0.4, -0.2) is 18.9 Å². The van der Waals surface area contributed by atoms with Crippen molar-refractivity contribution < 1.29 is 22.9 Å². The molecule has 15 heavy (non-hydrogen) atoms. The third-order valence-electron chi connectivity index (χ3n) is 1.31. The molecule has 0 N–H and O–H groups in total. The van der Waals surface area contributed by atoms with Crippen LogP contribution in [0.25, 0.3) is 0 Å². The Bertz CT molecular complexity index is 414. The maximum Gasteiger partial charge on any atom is 0.124 e. The van der Waals surface area contributed by atoms with Crippen LogP contribution < -0.4 is 5.11 Å². The molecule has 0 amide bonds. The van der Waals surface area contributed by atoms with Crippen LogP contribution in [0.5, 0.6) is 0 Å². The van der Waals surface area contributed by atoms with E-state index in [1.807, 2.05) is 6.92 Å². The number of aliphatic carboxylic acids is 1. The van der Waals surface area contributed by atoms with Gasteiger partial charge in [0.1, 0.15) is 10.1 Å². The standard InChI is InChI=1S/C7H8O3S.C2H4O2/c1-6-2-4-7(5-3-6)11(8,9)10;1-2(3)4/h2-5H,1H3,(H,8,9,10);1H3,(H,3,4)/p-2. The fourth-order valence-corrected chi connectivity index (χ4v) is 1.17. The van der Waals surface area contributed by atoms with Crippen LogP contribution in [-0.2, 0) is 14.9 Å². The van der Waals surface area contributed by atoms with Crippen LogP contribution in [0.1, 0.15) is 12.5 Å². The summed E-state index contributed by atoms with van der Waals surface area (Å²) in [6.45, 7) is 2.79. The number of aryl methyl sites for hydroxylation is 1. The molecule has 1 rings (SSSR count). The number of carbonyl (C=O) groups is 1. The van der Waals surface area contributed by atoms with Gasteiger partial charge in [-0.15, -0.1) is 0 Å². The van der Waals surface area contributed by atoms with E-state index < -0.39 is 16.1 Å². The number of hydrogen-bond acceptors (Lipinski definition) is 5. The van der Waals surface area contributed by atoms with Crippen molar-refractivity contribution in [3.05, 3.63) is 29.8 Å². The molecule has 0 aromatic heterocycles. The fraction of sp³-hybridized carbons (Fsp3) is 0.222. The summed E-state index contributed by atoms with van der Waals surface area (Å²) in [5.74, 6) is -1.08. The molecule has 0 aliphatic carbocycles. The van der Waals surface area contributed by atoms with Crippen LogP contribution in [0, 0.1) is 6.92 Å². The third-order valence-corrected chi connectivity index (χ3v) is 2.16. The van der Waals surface area contributed by atoms with Gasteiger partial charge in [0.05, 0.1) is 4.90 Å². The first kappa shape index (κ1) is 13.6. The predicted octanol–water partition coefficient (Wildman–Crippen LogP) is -0.345. The van der Waals surface area contributed by atoms with Crippen LogP contribution >= 0.6 is 0 Å². The van der Waals surface area contributed by atoms with Gasteiger partial charge >= 0.3 is 0 Å². The zero-order chi connectivity index (χ0) is 12.1. The zero-order valence-electron chi connectivity index (χ0n) is 8.26. The maximum absolute atomic E-state index is 10.4. The molecule has 0 fully saturated rings. The molecule has 1 aromatic rings. The van der Waals surface area contributed by atoms with E-state index in [9.17, 15) is 13.0 Å². The molecule has 0 aliphatic rings. The smallest absolute Gasteiger partial charge is 0.124 e. The van der Waals surface area contributed by atoms with Crippen LogP contribution in [0.4, 0.5) is 0 Å². The monoisotopic (exact) mass is 230 g/mol. The number of carboxylic acids is 1. The first-order valence-electron chi connectivity index (χ1n) is 3.93. The Labute approximate surface area is 88.1 Å². The Morgan fingerprint density at radius 2 is 1.53 bits per heavy atom. The maximum atomic E-state index is 10.4. The van der Waals surface area contributed by atoms with Crippen molar-refractivity contribution >= 4 is 16.1 Å². The minimum absolute atomic E-state index is 0.178. The number of benzene rings is 1. The molecule has 0 saturated heterocycles. The van der Waals surface area contributed by atoms with Crippen LogP contribution in [0.3, 0.4) is 0 Å². The molecule has 0 saturated carbocycles. The quantitative estimate of drug-likeness (QED) is 0.614. The molecule has 0 spiro atoms. The van der Waals surface area contributed by atoms with Gasteiger partial charge in [0.25, 0.3) is 0 Å². The molecule has 0 unspecified atom stereocenters. The van der Waals surface area contributed by atoms with E-state index in [2.05, 4.69) is 0 Å². The second-order valence-corrected chi connectivity index (χ2v) is 4.14. The first-order chi connectivity index (χ1) is 6.73. The molecule has 84 valence electrons. The Hall–Kier alpha value is -1.40. The van der Waals surface area contributed by atoms with Crippen molar-refractivity contribution in [3.63, 3.8) is 0 Å². The molecule has 6 heteroatoms. The average Bonchev–Trinajstić information content (AvgIpc) is 2.01. The lowest BCUT2D eigenvalue weighted by molar-refractivity contribution is -0.302. The minimum atomic E-state index is -4.27. The van der Waals surface area contributed by atoms with E-state index in [1.165, 1.54) is 12.1 Å². The van der Waals surface area contributed by atoms with Gasteiger partial charge < -0.3 is 14.5 Å². The Morgan fingerprint density at radius 3 is 1.80 bits per heavy atom. The van der Waals surface area contributed by atoms with E-state index in [0.717, 1.165) is 12.5 Å². The van der Waals surface area contributed by atoms with Gasteiger partial charge in [0.15, 0.2) is 0 Å². The van der Waals surface area contributed by atoms with Crippen molar-refractivity contribution in [2.45, 2.75) is 18.7 Å². The van der Waals surface area contributed by atoms with Crippen LogP contribution in [0.15, 0.2) is 29.2 Å². The van der Waals surface area contributed by atoms with Crippen molar-refractivity contribution in [1.82, 2.24) is 0 Å². The summed E-state index contributed by atoms with van der Waals surface area (Å²) in [7, 11) is -4.27. The van der Waals surface area contributed by atoms with Crippen molar-refractivity contribution in [2.24, 2.45) is 0 Å². The van der Waals surface area contributed by atoms with Gasteiger partial charge in [-0.1, -0.05) is 17.7 Å². The normalized spacial score (nSPS) is 10.1. The highest BCUT2D eigenvalue weighted by atomic mass is 32.2. The lowest BCUT2D eigenvalue weighted by atomic mass is 10.2. The molecule has 5 nitrogen and oxygen atoms in total. The van der Waals surface area contributed by atoms with Crippen molar-refractivity contribution in [3.8, 4) is 0 Å². The van der Waals surface area contributed by atoms with Crippen molar-refractivity contribution in [1.29, 1.82) is 0 Å². The highest BCUT2D eigenvalue weighted by molar-refractivity contribution is 7.85. The average molecular weight is 230 g/mol. The summed E-state index contributed by atoms with van der Waals surface area (Å²) in [6, 6.07) is 5.78. The highest BCUT2D eigenvalue weighted by Crippen LogP contribution is 2.08. The molecular formula is C9H10O5S-2. The predicted molar refractivity (Wildman–Crippen MR) is 49.8 cm³/mol. The molecule has 1 aromatic carbocycles. The van der Waals surface area contributed by atoms with Gasteiger partial charge in [-0.3, -0.25) is 0 Å². The Kier molecular flexibility index (Phi) is 4.96. The summed E-state index contributed by atoms with van der Waals surface area (Å²) in [5, 5.41) is 8.89. The van der Waals surface area contributed by atoms with Gasteiger partial charge in [0, 0.05) is 5.97 Å². The molecular weight excluding hydrogens is 220 g/mol. The minimum Gasteiger partial charge on any atom is -0.744 e. The third kappa shape index (κ3) is 6.64. The molecule has 0 radical (unpaired) electrons. The Balaban J connectivity index is 0.000000423. The van der Waals surface area contributed by atoms with Gasteiger partial charge in [-0.05, 0) is 26.0 Å². The molecule has 0 aliphatic heterocycles. The number of rotatable bonds is 1. The van der Waals surface area contributed by atoms with E-state index in [-0.39, 0.29) is 4.90 Å². The fourth-order valence-electron chi connectivity index (χ4n) is 0.705. The van der Waals surface area contributed by atoms with Crippen molar-refractivity contribution in [2.75, 3.05) is 0 Å². The summed E-state index contributed by atoms with van der Waals surface area (Å²) in [6.07, 6.45) is 0. The van der Waals surface area contributed by atoms with E-state index in [4.69, 9.17) is 9.90 Å². The summed E-state index contributed by atoms with van der Waals surface area (Å²) < 4.78 is 31.2. The summed E-state index contributed by atoms with van der Waals surface area (Å²) in [5.41, 5.74) is 0.928. The molecule has 0 atom stereocenters. The van der Waals surface area contributed by atoms with Gasteiger partial charge in [0.2, 0.25) is 0 Å². The SMILES string of the molecule is CC(=O)[O-].Cc1ccc(S(=O)(=O)[O-])cc1. The topological polar surface area (TPSA) is 97.3 Å².